The number of hydrogen-bond donors (Lipinski definition) is 0. The molecule has 0 heterocycles. The number of benzene rings is 2. The monoisotopic (exact) mass is 299 g/mol. The number of ether oxygens (including phenoxy) is 1. The summed E-state index contributed by atoms with van der Waals surface area (Å²) < 4.78 is 19.6. The van der Waals surface area contributed by atoms with Gasteiger partial charge >= 0.3 is 0 Å². The van der Waals surface area contributed by atoms with E-state index in [9.17, 15) is 4.39 Å². The van der Waals surface area contributed by atoms with Gasteiger partial charge in [0.2, 0.25) is 0 Å². The standard InChI is InChI=1S/C20H24FO/c1-2-3-4-5-6-10-15-22-20-14-13-18(16-19(20)21)17-11-8-7-9-12-17/h8-9,11-14,16H,2-6,10,15H2,1H3. The fourth-order valence-corrected chi connectivity index (χ4v) is 2.44. The third-order valence-electron chi connectivity index (χ3n) is 3.74. The molecule has 0 atom stereocenters. The third kappa shape index (κ3) is 5.18. The topological polar surface area (TPSA) is 9.23 Å². The van der Waals surface area contributed by atoms with Gasteiger partial charge in [0.25, 0.3) is 0 Å². The van der Waals surface area contributed by atoms with Crippen molar-refractivity contribution in [3.8, 4) is 16.9 Å². The molecule has 117 valence electrons. The second kappa shape index (κ2) is 9.24. The minimum atomic E-state index is -0.295. The predicted octanol–water partition coefficient (Wildman–Crippen LogP) is 6.03. The van der Waals surface area contributed by atoms with Crippen molar-refractivity contribution >= 4 is 0 Å². The van der Waals surface area contributed by atoms with Crippen molar-refractivity contribution in [2.75, 3.05) is 6.61 Å². The second-order valence-corrected chi connectivity index (χ2v) is 5.55. The van der Waals surface area contributed by atoms with E-state index in [0.29, 0.717) is 12.4 Å². The fraction of sp³-hybridized carbons (Fsp3) is 0.400. The highest BCUT2D eigenvalue weighted by molar-refractivity contribution is 5.64. The van der Waals surface area contributed by atoms with Crippen molar-refractivity contribution in [1.29, 1.82) is 0 Å². The molecule has 2 rings (SSSR count). The van der Waals surface area contributed by atoms with Crippen LogP contribution in [0.4, 0.5) is 4.39 Å². The molecule has 22 heavy (non-hydrogen) atoms. The maximum atomic E-state index is 14.1. The number of hydrogen-bond acceptors (Lipinski definition) is 1. The zero-order chi connectivity index (χ0) is 15.6. The molecule has 0 bridgehead atoms. The normalized spacial score (nSPS) is 10.6. The summed E-state index contributed by atoms with van der Waals surface area (Å²) in [6, 6.07) is 15.6. The van der Waals surface area contributed by atoms with Crippen LogP contribution in [-0.4, -0.2) is 6.61 Å². The first-order chi connectivity index (χ1) is 10.8. The zero-order valence-corrected chi connectivity index (χ0v) is 13.3. The molecule has 0 aliphatic rings. The van der Waals surface area contributed by atoms with Gasteiger partial charge in [0, 0.05) is 0 Å². The van der Waals surface area contributed by atoms with E-state index in [0.717, 1.165) is 24.0 Å². The molecule has 0 aliphatic heterocycles. The van der Waals surface area contributed by atoms with Crippen molar-refractivity contribution in [1.82, 2.24) is 0 Å². The van der Waals surface area contributed by atoms with Crippen LogP contribution in [-0.2, 0) is 0 Å². The molecular weight excluding hydrogens is 275 g/mol. The van der Waals surface area contributed by atoms with Crippen molar-refractivity contribution in [2.45, 2.75) is 45.4 Å². The van der Waals surface area contributed by atoms with Gasteiger partial charge in [0.15, 0.2) is 11.6 Å². The first kappa shape index (κ1) is 16.5. The van der Waals surface area contributed by atoms with Crippen molar-refractivity contribution in [3.63, 3.8) is 0 Å². The van der Waals surface area contributed by atoms with Gasteiger partial charge in [-0.3, -0.25) is 0 Å². The molecule has 0 aromatic heterocycles. The number of halogens is 1. The Morgan fingerprint density at radius 1 is 0.909 bits per heavy atom. The summed E-state index contributed by atoms with van der Waals surface area (Å²) in [7, 11) is 0. The first-order valence-corrected chi connectivity index (χ1v) is 8.20. The first-order valence-electron chi connectivity index (χ1n) is 8.20. The minimum Gasteiger partial charge on any atom is -0.491 e. The van der Waals surface area contributed by atoms with Gasteiger partial charge in [0.1, 0.15) is 0 Å². The van der Waals surface area contributed by atoms with E-state index in [1.54, 1.807) is 6.07 Å². The summed E-state index contributed by atoms with van der Waals surface area (Å²) >= 11 is 0. The van der Waals surface area contributed by atoms with Crippen LogP contribution in [0.15, 0.2) is 42.5 Å². The highest BCUT2D eigenvalue weighted by Gasteiger charge is 2.06. The van der Waals surface area contributed by atoms with Crippen LogP contribution >= 0.6 is 0 Å². The molecule has 0 amide bonds. The van der Waals surface area contributed by atoms with Crippen LogP contribution < -0.4 is 4.74 Å². The highest BCUT2D eigenvalue weighted by Crippen LogP contribution is 2.25. The van der Waals surface area contributed by atoms with Crippen LogP contribution in [0.5, 0.6) is 5.75 Å². The zero-order valence-electron chi connectivity index (χ0n) is 13.3. The molecule has 2 aromatic rings. The average Bonchev–Trinajstić information content (AvgIpc) is 2.56. The van der Waals surface area contributed by atoms with Crippen LogP contribution in [0.1, 0.15) is 45.4 Å². The molecule has 0 unspecified atom stereocenters. The van der Waals surface area contributed by atoms with Crippen LogP contribution in [0.2, 0.25) is 0 Å². The maximum absolute atomic E-state index is 14.1. The molecule has 2 aromatic carbocycles. The van der Waals surface area contributed by atoms with Gasteiger partial charge in [-0.15, -0.1) is 0 Å². The Morgan fingerprint density at radius 2 is 1.64 bits per heavy atom. The molecule has 0 saturated heterocycles. The number of unbranched alkanes of at least 4 members (excludes halogenated alkanes) is 5. The van der Waals surface area contributed by atoms with Gasteiger partial charge in [0.05, 0.1) is 6.61 Å². The molecule has 2 heteroatoms. The van der Waals surface area contributed by atoms with Crippen LogP contribution in [0, 0.1) is 11.9 Å². The minimum absolute atomic E-state index is 0.295. The molecule has 0 fully saturated rings. The highest BCUT2D eigenvalue weighted by atomic mass is 19.1. The Morgan fingerprint density at radius 3 is 2.36 bits per heavy atom. The third-order valence-corrected chi connectivity index (χ3v) is 3.74. The van der Waals surface area contributed by atoms with Gasteiger partial charge in [-0.2, -0.15) is 0 Å². The van der Waals surface area contributed by atoms with Gasteiger partial charge < -0.3 is 4.74 Å². The smallest absolute Gasteiger partial charge is 0.165 e. The lowest BCUT2D eigenvalue weighted by Gasteiger charge is -2.09. The quantitative estimate of drug-likeness (QED) is 0.513. The SMILES string of the molecule is CCCCCCCCOc1ccc(-c2cc[c]cc2)cc1F. The average molecular weight is 299 g/mol. The lowest BCUT2D eigenvalue weighted by molar-refractivity contribution is 0.290. The Balaban J connectivity index is 1.80. The van der Waals surface area contributed by atoms with E-state index in [2.05, 4.69) is 13.0 Å². The summed E-state index contributed by atoms with van der Waals surface area (Å²) in [6.45, 7) is 2.80. The van der Waals surface area contributed by atoms with E-state index in [4.69, 9.17) is 4.74 Å². The Labute approximate surface area is 133 Å². The summed E-state index contributed by atoms with van der Waals surface area (Å²) in [5, 5.41) is 0. The molecule has 0 aliphatic carbocycles. The van der Waals surface area contributed by atoms with Crippen molar-refractivity contribution in [3.05, 3.63) is 54.3 Å². The lowest BCUT2D eigenvalue weighted by atomic mass is 10.1. The van der Waals surface area contributed by atoms with E-state index < -0.39 is 0 Å². The molecule has 1 nitrogen and oxygen atoms in total. The fourth-order valence-electron chi connectivity index (χ4n) is 2.44. The number of rotatable bonds is 9. The van der Waals surface area contributed by atoms with E-state index in [-0.39, 0.29) is 5.82 Å². The summed E-state index contributed by atoms with van der Waals surface area (Å²) in [5.41, 5.74) is 1.85. The molecule has 0 spiro atoms. The maximum Gasteiger partial charge on any atom is 0.165 e. The molecule has 0 N–H and O–H groups in total. The van der Waals surface area contributed by atoms with Gasteiger partial charge in [-0.1, -0.05) is 69.4 Å². The van der Waals surface area contributed by atoms with E-state index in [1.807, 2.05) is 30.3 Å². The summed E-state index contributed by atoms with van der Waals surface area (Å²) in [4.78, 5) is 0. The predicted molar refractivity (Wildman–Crippen MR) is 89.5 cm³/mol. The Kier molecular flexibility index (Phi) is 6.95. The van der Waals surface area contributed by atoms with Crippen LogP contribution in [0.3, 0.4) is 0 Å². The van der Waals surface area contributed by atoms with Gasteiger partial charge in [-0.25, -0.2) is 4.39 Å². The van der Waals surface area contributed by atoms with E-state index in [1.165, 1.54) is 31.7 Å². The van der Waals surface area contributed by atoms with E-state index >= 15 is 0 Å². The lowest BCUT2D eigenvalue weighted by Crippen LogP contribution is -1.99. The molecule has 1 radical (unpaired) electrons. The Bertz CT molecular complexity index is 551. The molecular formula is C20H24FO. The molecule has 0 saturated carbocycles. The summed E-state index contributed by atoms with van der Waals surface area (Å²) in [6.07, 6.45) is 7.22. The summed E-state index contributed by atoms with van der Waals surface area (Å²) in [5.74, 6) is 0.0520. The largest absolute Gasteiger partial charge is 0.491 e. The Hall–Kier alpha value is -1.83. The van der Waals surface area contributed by atoms with Gasteiger partial charge in [-0.05, 0) is 35.7 Å². The second-order valence-electron chi connectivity index (χ2n) is 5.55. The van der Waals surface area contributed by atoms with Crippen molar-refractivity contribution < 1.29 is 9.13 Å². The van der Waals surface area contributed by atoms with Crippen LogP contribution in [0.25, 0.3) is 11.1 Å². The van der Waals surface area contributed by atoms with Crippen molar-refractivity contribution in [2.24, 2.45) is 0 Å².